The molecule has 1 fully saturated rings. The molecule has 0 radical (unpaired) electrons. The summed E-state index contributed by atoms with van der Waals surface area (Å²) in [5, 5.41) is 0. The van der Waals surface area contributed by atoms with Crippen molar-refractivity contribution in [3.05, 3.63) is 59.2 Å². The molecule has 1 amide bonds. The van der Waals surface area contributed by atoms with Crippen molar-refractivity contribution >= 4 is 17.3 Å². The van der Waals surface area contributed by atoms with E-state index in [0.29, 0.717) is 12.2 Å². The largest absolute Gasteiger partial charge is 0.396 e. The fourth-order valence-electron chi connectivity index (χ4n) is 3.21. The van der Waals surface area contributed by atoms with E-state index < -0.39 is 11.2 Å². The summed E-state index contributed by atoms with van der Waals surface area (Å²) in [6.45, 7) is 0.303. The number of halogens is 2. The van der Waals surface area contributed by atoms with Crippen LogP contribution in [-0.4, -0.2) is 5.91 Å². The van der Waals surface area contributed by atoms with Crippen LogP contribution in [0, 0.1) is 11.6 Å². The zero-order valence-electron chi connectivity index (χ0n) is 11.8. The van der Waals surface area contributed by atoms with Crippen LogP contribution in [0.5, 0.6) is 0 Å². The van der Waals surface area contributed by atoms with Gasteiger partial charge in [0.1, 0.15) is 11.6 Å². The first kappa shape index (κ1) is 13.2. The van der Waals surface area contributed by atoms with Crippen LogP contribution >= 0.6 is 0 Å². The Morgan fingerprint density at radius 3 is 2.45 bits per heavy atom. The van der Waals surface area contributed by atoms with E-state index in [1.54, 1.807) is 23.1 Å². The summed E-state index contributed by atoms with van der Waals surface area (Å²) in [5.41, 5.74) is 7.41. The van der Waals surface area contributed by atoms with Crippen LogP contribution in [0.15, 0.2) is 36.4 Å². The Labute approximate surface area is 126 Å². The number of carbonyl (C=O) groups is 1. The molecule has 2 aliphatic rings. The van der Waals surface area contributed by atoms with E-state index in [2.05, 4.69) is 0 Å². The quantitative estimate of drug-likeness (QED) is 0.866. The highest BCUT2D eigenvalue weighted by Gasteiger charge is 2.59. The zero-order chi connectivity index (χ0) is 15.5. The molecule has 112 valence electrons. The van der Waals surface area contributed by atoms with Crippen LogP contribution in [0.25, 0.3) is 0 Å². The minimum absolute atomic E-state index is 0.0168. The van der Waals surface area contributed by atoms with Crippen LogP contribution in [-0.2, 0) is 16.8 Å². The van der Waals surface area contributed by atoms with E-state index in [1.807, 2.05) is 0 Å². The number of fused-ring (bicyclic) bond motifs is 2. The van der Waals surface area contributed by atoms with Crippen molar-refractivity contribution in [3.8, 4) is 0 Å². The zero-order valence-corrected chi connectivity index (χ0v) is 11.8. The average Bonchev–Trinajstić information content (AvgIpc) is 3.27. The van der Waals surface area contributed by atoms with Gasteiger partial charge in [-0.15, -0.1) is 0 Å². The predicted octanol–water partition coefficient (Wildman–Crippen LogP) is 3.13. The summed E-state index contributed by atoms with van der Waals surface area (Å²) < 4.78 is 26.8. The van der Waals surface area contributed by atoms with E-state index in [0.717, 1.165) is 24.0 Å². The van der Waals surface area contributed by atoms with Crippen LogP contribution in [0.1, 0.15) is 24.0 Å². The number of hydrogen-bond acceptors (Lipinski definition) is 2. The molecule has 5 heteroatoms. The van der Waals surface area contributed by atoms with Crippen molar-refractivity contribution in [1.29, 1.82) is 0 Å². The molecule has 2 aromatic rings. The molecule has 0 unspecified atom stereocenters. The molecule has 3 nitrogen and oxygen atoms in total. The van der Waals surface area contributed by atoms with Crippen LogP contribution in [0.4, 0.5) is 20.2 Å². The summed E-state index contributed by atoms with van der Waals surface area (Å²) in [6, 6.07) is 8.89. The minimum Gasteiger partial charge on any atom is -0.396 e. The first-order chi connectivity index (χ1) is 10.5. The third-order valence-corrected chi connectivity index (χ3v) is 4.58. The van der Waals surface area contributed by atoms with Gasteiger partial charge in [-0.1, -0.05) is 12.1 Å². The number of nitrogens with two attached hydrogens (primary N) is 1. The summed E-state index contributed by atoms with van der Waals surface area (Å²) >= 11 is 0. The van der Waals surface area contributed by atoms with Gasteiger partial charge in [-0.05, 0) is 42.2 Å². The monoisotopic (exact) mass is 300 g/mol. The number of nitrogen functional groups attached to an aromatic ring is 1. The lowest BCUT2D eigenvalue weighted by Crippen LogP contribution is -2.31. The van der Waals surface area contributed by atoms with Crippen LogP contribution in [0.3, 0.4) is 0 Å². The first-order valence-electron chi connectivity index (χ1n) is 7.17. The summed E-state index contributed by atoms with van der Waals surface area (Å²) in [4.78, 5) is 14.3. The summed E-state index contributed by atoms with van der Waals surface area (Å²) in [7, 11) is 0. The second-order valence-corrected chi connectivity index (χ2v) is 5.99. The SMILES string of the molecule is Nc1cc2c(cc1F)N(Cc1ccc(F)cc1)C(=O)C21CC1. The standard InChI is InChI=1S/C17H14F2N2O/c18-11-3-1-10(2-4-11)9-21-15-8-13(19)14(20)7-12(15)17(5-6-17)16(21)22/h1-4,7-8H,5-6,9,20H2. The maximum Gasteiger partial charge on any atom is 0.238 e. The fourth-order valence-corrected chi connectivity index (χ4v) is 3.21. The lowest BCUT2D eigenvalue weighted by atomic mass is 9.97. The van der Waals surface area contributed by atoms with Gasteiger partial charge < -0.3 is 10.6 Å². The van der Waals surface area contributed by atoms with E-state index in [4.69, 9.17) is 5.73 Å². The van der Waals surface area contributed by atoms with Crippen molar-refractivity contribution in [2.24, 2.45) is 0 Å². The topological polar surface area (TPSA) is 46.3 Å². The summed E-state index contributed by atoms with van der Waals surface area (Å²) in [5.74, 6) is -0.862. The summed E-state index contributed by atoms with van der Waals surface area (Å²) in [6.07, 6.45) is 1.54. The number of rotatable bonds is 2. The van der Waals surface area contributed by atoms with Gasteiger partial charge in [0, 0.05) is 6.07 Å². The van der Waals surface area contributed by atoms with Crippen molar-refractivity contribution in [2.75, 3.05) is 10.6 Å². The van der Waals surface area contributed by atoms with Gasteiger partial charge in [0.25, 0.3) is 0 Å². The second-order valence-electron chi connectivity index (χ2n) is 5.99. The van der Waals surface area contributed by atoms with Crippen molar-refractivity contribution in [2.45, 2.75) is 24.8 Å². The number of hydrogen-bond donors (Lipinski definition) is 1. The molecule has 1 aliphatic heterocycles. The van der Waals surface area contributed by atoms with Gasteiger partial charge in [0.15, 0.2) is 0 Å². The highest BCUT2D eigenvalue weighted by Crippen LogP contribution is 2.58. The van der Waals surface area contributed by atoms with Crippen LogP contribution < -0.4 is 10.6 Å². The molecule has 2 aromatic carbocycles. The molecule has 1 heterocycles. The molecule has 4 rings (SSSR count). The van der Waals surface area contributed by atoms with Crippen molar-refractivity contribution < 1.29 is 13.6 Å². The normalized spacial score (nSPS) is 17.9. The lowest BCUT2D eigenvalue weighted by Gasteiger charge is -2.18. The van der Waals surface area contributed by atoms with Crippen molar-refractivity contribution in [1.82, 2.24) is 0 Å². The molecular formula is C17H14F2N2O. The van der Waals surface area contributed by atoms with Crippen LogP contribution in [0.2, 0.25) is 0 Å². The van der Waals surface area contributed by atoms with E-state index >= 15 is 0 Å². The average molecular weight is 300 g/mol. The minimum atomic E-state index is -0.520. The molecule has 1 saturated carbocycles. The third-order valence-electron chi connectivity index (χ3n) is 4.58. The van der Waals surface area contributed by atoms with Gasteiger partial charge in [0.05, 0.1) is 23.3 Å². The Balaban J connectivity index is 1.77. The lowest BCUT2D eigenvalue weighted by molar-refractivity contribution is -0.120. The fraction of sp³-hybridized carbons (Fsp3) is 0.235. The molecule has 22 heavy (non-hydrogen) atoms. The molecule has 0 bridgehead atoms. The molecular weight excluding hydrogens is 286 g/mol. The highest BCUT2D eigenvalue weighted by atomic mass is 19.1. The van der Waals surface area contributed by atoms with Gasteiger partial charge in [-0.2, -0.15) is 0 Å². The maximum absolute atomic E-state index is 13.8. The Kier molecular flexibility index (Phi) is 2.58. The molecule has 2 N–H and O–H groups in total. The van der Waals surface area contributed by atoms with E-state index in [-0.39, 0.29) is 17.4 Å². The predicted molar refractivity (Wildman–Crippen MR) is 79.3 cm³/mol. The third kappa shape index (κ3) is 1.75. The van der Waals surface area contributed by atoms with Gasteiger partial charge in [0.2, 0.25) is 5.91 Å². The Morgan fingerprint density at radius 2 is 1.82 bits per heavy atom. The second kappa shape index (κ2) is 4.29. The first-order valence-corrected chi connectivity index (χ1v) is 7.17. The molecule has 1 aliphatic carbocycles. The maximum atomic E-state index is 13.8. The molecule has 0 saturated heterocycles. The Hall–Kier alpha value is -2.43. The number of anilines is 2. The van der Waals surface area contributed by atoms with Gasteiger partial charge in [-0.25, -0.2) is 8.78 Å². The molecule has 0 aromatic heterocycles. The van der Waals surface area contributed by atoms with Gasteiger partial charge >= 0.3 is 0 Å². The Morgan fingerprint density at radius 1 is 1.14 bits per heavy atom. The Bertz CT molecular complexity index is 782. The van der Waals surface area contributed by atoms with Gasteiger partial charge in [-0.3, -0.25) is 4.79 Å². The number of amides is 1. The van der Waals surface area contributed by atoms with Crippen molar-refractivity contribution in [3.63, 3.8) is 0 Å². The smallest absolute Gasteiger partial charge is 0.238 e. The highest BCUT2D eigenvalue weighted by molar-refractivity contribution is 6.10. The van der Waals surface area contributed by atoms with E-state index in [9.17, 15) is 13.6 Å². The number of benzene rings is 2. The van der Waals surface area contributed by atoms with E-state index in [1.165, 1.54) is 18.2 Å². The molecule has 1 spiro atoms. The number of nitrogens with zero attached hydrogens (tertiary/aromatic N) is 1. The molecule has 0 atom stereocenters. The number of carbonyl (C=O) groups excluding carboxylic acids is 1.